The fourth-order valence-electron chi connectivity index (χ4n) is 3.56. The van der Waals surface area contributed by atoms with Crippen molar-refractivity contribution in [2.45, 2.75) is 12.8 Å². The highest BCUT2D eigenvalue weighted by Crippen LogP contribution is 2.34. The third-order valence-corrected chi connectivity index (χ3v) is 5.00. The molecule has 7 heteroatoms. The molecule has 2 amide bonds. The first-order valence-electron chi connectivity index (χ1n) is 8.73. The molecule has 2 saturated heterocycles. The average molecular weight is 346 g/mol. The summed E-state index contributed by atoms with van der Waals surface area (Å²) in [5.41, 5.74) is 0.991. The van der Waals surface area contributed by atoms with Crippen LogP contribution in [-0.2, 0) is 20.7 Å². The molecule has 0 saturated carbocycles. The van der Waals surface area contributed by atoms with Crippen molar-refractivity contribution in [3.63, 3.8) is 0 Å². The largest absolute Gasteiger partial charge is 0.454 e. The molecule has 0 bridgehead atoms. The molecule has 0 aliphatic carbocycles. The molecule has 1 unspecified atom stereocenters. The van der Waals surface area contributed by atoms with E-state index >= 15 is 0 Å². The van der Waals surface area contributed by atoms with E-state index in [1.165, 1.54) is 4.90 Å². The summed E-state index contributed by atoms with van der Waals surface area (Å²) in [5, 5.41) is 0. The molecule has 3 heterocycles. The Bertz CT molecular complexity index is 671. The second-order valence-electron chi connectivity index (χ2n) is 6.63. The highest BCUT2D eigenvalue weighted by atomic mass is 16.7. The van der Waals surface area contributed by atoms with Crippen molar-refractivity contribution >= 4 is 11.8 Å². The SMILES string of the molecule is O=C1CC(Cc2ccc3c(c2)OCO3)C(=O)N1CCN1CCOCC1. The van der Waals surface area contributed by atoms with Crippen molar-refractivity contribution < 1.29 is 23.8 Å². The van der Waals surface area contributed by atoms with Crippen LogP contribution in [0, 0.1) is 5.92 Å². The molecule has 7 nitrogen and oxygen atoms in total. The van der Waals surface area contributed by atoms with E-state index in [1.54, 1.807) is 0 Å². The van der Waals surface area contributed by atoms with Crippen molar-refractivity contribution in [3.05, 3.63) is 23.8 Å². The lowest BCUT2D eigenvalue weighted by atomic mass is 9.97. The van der Waals surface area contributed by atoms with Crippen LogP contribution in [0.3, 0.4) is 0 Å². The Morgan fingerprint density at radius 3 is 2.68 bits per heavy atom. The third kappa shape index (κ3) is 3.48. The van der Waals surface area contributed by atoms with E-state index in [0.717, 1.165) is 30.9 Å². The molecule has 0 N–H and O–H groups in total. The minimum absolute atomic E-state index is 0.0593. The van der Waals surface area contributed by atoms with Gasteiger partial charge in [-0.25, -0.2) is 0 Å². The summed E-state index contributed by atoms with van der Waals surface area (Å²) in [4.78, 5) is 28.6. The molecule has 0 aromatic heterocycles. The molecule has 134 valence electrons. The molecule has 25 heavy (non-hydrogen) atoms. The Labute approximate surface area is 146 Å². The molecule has 1 atom stereocenters. The van der Waals surface area contributed by atoms with E-state index in [1.807, 2.05) is 18.2 Å². The number of carbonyl (C=O) groups excluding carboxylic acids is 2. The number of fused-ring (bicyclic) bond motifs is 1. The normalized spacial score (nSPS) is 23.5. The maximum Gasteiger partial charge on any atom is 0.233 e. The number of ether oxygens (including phenoxy) is 3. The van der Waals surface area contributed by atoms with Gasteiger partial charge in [0.15, 0.2) is 11.5 Å². The Morgan fingerprint density at radius 1 is 1.04 bits per heavy atom. The van der Waals surface area contributed by atoms with Gasteiger partial charge in [0.2, 0.25) is 18.6 Å². The molecule has 3 aliphatic heterocycles. The third-order valence-electron chi connectivity index (χ3n) is 5.00. The van der Waals surface area contributed by atoms with Crippen LogP contribution in [0.25, 0.3) is 0 Å². The van der Waals surface area contributed by atoms with Gasteiger partial charge < -0.3 is 14.2 Å². The van der Waals surface area contributed by atoms with Gasteiger partial charge in [-0.3, -0.25) is 19.4 Å². The smallest absolute Gasteiger partial charge is 0.233 e. The van der Waals surface area contributed by atoms with E-state index in [9.17, 15) is 9.59 Å². The van der Waals surface area contributed by atoms with E-state index in [-0.39, 0.29) is 30.9 Å². The first-order valence-corrected chi connectivity index (χ1v) is 8.73. The van der Waals surface area contributed by atoms with Gasteiger partial charge in [-0.1, -0.05) is 6.07 Å². The molecule has 3 aliphatic rings. The predicted octanol–water partition coefficient (Wildman–Crippen LogP) is 0.665. The fraction of sp³-hybridized carbons (Fsp3) is 0.556. The maximum absolute atomic E-state index is 12.6. The quantitative estimate of drug-likeness (QED) is 0.730. The van der Waals surface area contributed by atoms with E-state index in [4.69, 9.17) is 14.2 Å². The zero-order chi connectivity index (χ0) is 17.2. The van der Waals surface area contributed by atoms with Gasteiger partial charge in [0.25, 0.3) is 0 Å². The first-order chi connectivity index (χ1) is 12.2. The van der Waals surface area contributed by atoms with Gasteiger partial charge in [-0.05, 0) is 24.1 Å². The Morgan fingerprint density at radius 2 is 1.84 bits per heavy atom. The van der Waals surface area contributed by atoms with Crippen LogP contribution in [-0.4, -0.2) is 67.8 Å². The minimum Gasteiger partial charge on any atom is -0.454 e. The molecular weight excluding hydrogens is 324 g/mol. The summed E-state index contributed by atoms with van der Waals surface area (Å²) in [6.45, 7) is 4.57. The van der Waals surface area contributed by atoms with Crippen LogP contribution in [0.5, 0.6) is 11.5 Å². The molecule has 0 spiro atoms. The van der Waals surface area contributed by atoms with E-state index < -0.39 is 0 Å². The number of hydrogen-bond acceptors (Lipinski definition) is 6. The average Bonchev–Trinajstić information content (AvgIpc) is 3.19. The summed E-state index contributed by atoms with van der Waals surface area (Å²) >= 11 is 0. The lowest BCUT2D eigenvalue weighted by Gasteiger charge is -2.28. The van der Waals surface area contributed by atoms with Gasteiger partial charge in [-0.15, -0.1) is 0 Å². The van der Waals surface area contributed by atoms with Crippen molar-refractivity contribution in [2.75, 3.05) is 46.2 Å². The second kappa shape index (κ2) is 7.01. The monoisotopic (exact) mass is 346 g/mol. The van der Waals surface area contributed by atoms with Crippen molar-refractivity contribution in [3.8, 4) is 11.5 Å². The topological polar surface area (TPSA) is 68.3 Å². The van der Waals surface area contributed by atoms with E-state index in [2.05, 4.69) is 4.90 Å². The number of amides is 2. The van der Waals surface area contributed by atoms with Crippen molar-refractivity contribution in [1.29, 1.82) is 0 Å². The summed E-state index contributed by atoms with van der Waals surface area (Å²) < 4.78 is 16.0. The second-order valence-corrected chi connectivity index (χ2v) is 6.63. The Hall–Kier alpha value is -2.12. The van der Waals surface area contributed by atoms with Crippen LogP contribution >= 0.6 is 0 Å². The van der Waals surface area contributed by atoms with Crippen LogP contribution in [0.4, 0.5) is 0 Å². The highest BCUT2D eigenvalue weighted by molar-refractivity contribution is 6.03. The maximum atomic E-state index is 12.6. The summed E-state index contributed by atoms with van der Waals surface area (Å²) in [6, 6.07) is 5.69. The van der Waals surface area contributed by atoms with Gasteiger partial charge in [0, 0.05) is 32.6 Å². The van der Waals surface area contributed by atoms with Gasteiger partial charge in [-0.2, -0.15) is 0 Å². The molecule has 1 aromatic rings. The Balaban J connectivity index is 1.35. The van der Waals surface area contributed by atoms with Crippen LogP contribution in [0.1, 0.15) is 12.0 Å². The molecular formula is C18H22N2O5. The molecule has 1 aromatic carbocycles. The number of likely N-dealkylation sites (tertiary alicyclic amines) is 1. The minimum atomic E-state index is -0.280. The predicted molar refractivity (Wildman–Crippen MR) is 88.4 cm³/mol. The molecule has 4 rings (SSSR count). The van der Waals surface area contributed by atoms with Crippen LogP contribution < -0.4 is 9.47 Å². The zero-order valence-corrected chi connectivity index (χ0v) is 14.1. The summed E-state index contributed by atoms with van der Waals surface area (Å²) in [5.74, 6) is 1.03. The van der Waals surface area contributed by atoms with E-state index in [0.29, 0.717) is 31.9 Å². The number of hydrogen-bond donors (Lipinski definition) is 0. The first kappa shape index (κ1) is 16.4. The summed E-state index contributed by atoms with van der Waals surface area (Å²) in [6.07, 6.45) is 0.839. The number of rotatable bonds is 5. The number of benzene rings is 1. The molecule has 0 radical (unpaired) electrons. The van der Waals surface area contributed by atoms with Crippen molar-refractivity contribution in [1.82, 2.24) is 9.80 Å². The lowest BCUT2D eigenvalue weighted by Crippen LogP contribution is -2.43. The lowest BCUT2D eigenvalue weighted by molar-refractivity contribution is -0.139. The van der Waals surface area contributed by atoms with Gasteiger partial charge >= 0.3 is 0 Å². The summed E-state index contributed by atoms with van der Waals surface area (Å²) in [7, 11) is 0. The van der Waals surface area contributed by atoms with Gasteiger partial charge in [0.1, 0.15) is 0 Å². The van der Waals surface area contributed by atoms with Crippen molar-refractivity contribution in [2.24, 2.45) is 5.92 Å². The number of nitrogens with zero attached hydrogens (tertiary/aromatic N) is 2. The standard InChI is InChI=1S/C18H22N2O5/c21-17-11-14(9-13-1-2-15-16(10-13)25-12-24-15)18(22)20(17)4-3-19-5-7-23-8-6-19/h1-2,10,14H,3-9,11-12H2. The fourth-order valence-corrected chi connectivity index (χ4v) is 3.56. The zero-order valence-electron chi connectivity index (χ0n) is 14.1. The number of carbonyl (C=O) groups is 2. The van der Waals surface area contributed by atoms with Crippen LogP contribution in [0.2, 0.25) is 0 Å². The van der Waals surface area contributed by atoms with Crippen LogP contribution in [0.15, 0.2) is 18.2 Å². The highest BCUT2D eigenvalue weighted by Gasteiger charge is 2.38. The number of morpholine rings is 1. The number of imide groups is 1. The Kier molecular flexibility index (Phi) is 4.59. The van der Waals surface area contributed by atoms with Gasteiger partial charge in [0.05, 0.1) is 19.1 Å². The molecule has 2 fully saturated rings.